The summed E-state index contributed by atoms with van der Waals surface area (Å²) in [6.45, 7) is 1.93. The third-order valence-electron chi connectivity index (χ3n) is 3.75. The van der Waals surface area contributed by atoms with Crippen LogP contribution in [0.4, 0.5) is 0 Å². The summed E-state index contributed by atoms with van der Waals surface area (Å²) in [5.41, 5.74) is 3.53. The van der Waals surface area contributed by atoms with Crippen molar-refractivity contribution in [3.05, 3.63) is 65.2 Å². The molecule has 0 aliphatic carbocycles. The third kappa shape index (κ3) is 2.83. The summed E-state index contributed by atoms with van der Waals surface area (Å²) in [6.07, 6.45) is 3.52. The van der Waals surface area contributed by atoms with Gasteiger partial charge < -0.3 is 10.1 Å². The zero-order valence-corrected chi connectivity index (χ0v) is 12.8. The smallest absolute Gasteiger partial charge is 0.215 e. The molecule has 0 unspecified atom stereocenters. The Morgan fingerprint density at radius 3 is 3.00 bits per heavy atom. The minimum absolute atomic E-state index is 0.293. The second kappa shape index (κ2) is 6.10. The van der Waals surface area contributed by atoms with Gasteiger partial charge in [-0.05, 0) is 18.2 Å². The van der Waals surface area contributed by atoms with Crippen molar-refractivity contribution in [2.24, 2.45) is 0 Å². The van der Waals surface area contributed by atoms with Gasteiger partial charge in [0, 0.05) is 37.1 Å². The molecule has 0 bridgehead atoms. The highest BCUT2D eigenvalue weighted by Gasteiger charge is 2.15. The van der Waals surface area contributed by atoms with Crippen LogP contribution in [0, 0.1) is 11.3 Å². The Bertz CT molecular complexity index is 888. The third-order valence-corrected chi connectivity index (χ3v) is 3.75. The topological polar surface area (TPSA) is 88.6 Å². The number of hydrogen-bond acceptors (Lipinski definition) is 6. The van der Waals surface area contributed by atoms with E-state index in [4.69, 9.17) is 10.00 Å². The molecule has 7 nitrogen and oxygen atoms in total. The van der Waals surface area contributed by atoms with Gasteiger partial charge in [-0.15, -0.1) is 0 Å². The van der Waals surface area contributed by atoms with Crippen LogP contribution in [0.15, 0.2) is 42.7 Å². The maximum absolute atomic E-state index is 8.77. The minimum atomic E-state index is 0.293. The molecule has 0 saturated carbocycles. The van der Waals surface area contributed by atoms with Gasteiger partial charge in [0.2, 0.25) is 5.88 Å². The average molecular weight is 318 g/mol. The van der Waals surface area contributed by atoms with Gasteiger partial charge >= 0.3 is 0 Å². The van der Waals surface area contributed by atoms with E-state index in [1.807, 2.05) is 24.4 Å². The quantitative estimate of drug-likeness (QED) is 0.788. The molecule has 0 amide bonds. The van der Waals surface area contributed by atoms with E-state index in [1.54, 1.807) is 22.9 Å². The molecular weight excluding hydrogens is 304 g/mol. The lowest BCUT2D eigenvalue weighted by Gasteiger charge is -2.07. The minimum Gasteiger partial charge on any atom is -0.471 e. The molecule has 0 saturated heterocycles. The van der Waals surface area contributed by atoms with Gasteiger partial charge in [0.05, 0.1) is 17.0 Å². The maximum Gasteiger partial charge on any atom is 0.215 e. The van der Waals surface area contributed by atoms with Crippen LogP contribution in [0.3, 0.4) is 0 Å². The van der Waals surface area contributed by atoms with Crippen molar-refractivity contribution in [1.29, 1.82) is 5.26 Å². The summed E-state index contributed by atoms with van der Waals surface area (Å²) in [5, 5.41) is 16.6. The Balaban J connectivity index is 1.48. The summed E-state index contributed by atoms with van der Waals surface area (Å²) >= 11 is 0. The summed E-state index contributed by atoms with van der Waals surface area (Å²) < 4.78 is 7.47. The van der Waals surface area contributed by atoms with Crippen LogP contribution in [0.2, 0.25) is 0 Å². The van der Waals surface area contributed by atoms with Crippen LogP contribution in [0.25, 0.3) is 5.82 Å². The van der Waals surface area contributed by atoms with E-state index in [1.165, 1.54) is 11.8 Å². The number of ether oxygens (including phenoxy) is 1. The summed E-state index contributed by atoms with van der Waals surface area (Å²) in [5.74, 6) is 1.22. The Morgan fingerprint density at radius 1 is 1.25 bits per heavy atom. The average Bonchev–Trinajstić information content (AvgIpc) is 3.23. The molecule has 3 aromatic heterocycles. The SMILES string of the molecule is N#Cc1ccc(COc2cccc(-n3cc4c(n3)CNC4)n2)nc1. The summed E-state index contributed by atoms with van der Waals surface area (Å²) in [7, 11) is 0. The first-order valence-electron chi connectivity index (χ1n) is 7.55. The van der Waals surface area contributed by atoms with E-state index < -0.39 is 0 Å². The Labute approximate surface area is 138 Å². The maximum atomic E-state index is 8.77. The van der Waals surface area contributed by atoms with Crippen LogP contribution >= 0.6 is 0 Å². The molecular formula is C17H14N6O. The molecule has 0 aromatic carbocycles. The molecule has 0 spiro atoms. The number of nitrogens with one attached hydrogen (secondary N) is 1. The van der Waals surface area contributed by atoms with E-state index >= 15 is 0 Å². The number of nitriles is 1. The van der Waals surface area contributed by atoms with Crippen molar-refractivity contribution in [2.75, 3.05) is 0 Å². The number of hydrogen-bond donors (Lipinski definition) is 1. The molecule has 0 atom stereocenters. The Morgan fingerprint density at radius 2 is 2.21 bits per heavy atom. The van der Waals surface area contributed by atoms with Gasteiger partial charge in [-0.2, -0.15) is 15.3 Å². The number of pyridine rings is 2. The standard InChI is InChI=1S/C17H14N6O/c18-6-12-4-5-14(20-7-12)11-24-17-3-1-2-16(21-17)23-10-13-8-19-9-15(13)22-23/h1-5,7,10,19H,8-9,11H2. The van der Waals surface area contributed by atoms with Crippen molar-refractivity contribution >= 4 is 0 Å². The monoisotopic (exact) mass is 318 g/mol. The van der Waals surface area contributed by atoms with Crippen molar-refractivity contribution in [2.45, 2.75) is 19.7 Å². The van der Waals surface area contributed by atoms with Crippen LogP contribution in [0.1, 0.15) is 22.5 Å². The first-order valence-corrected chi connectivity index (χ1v) is 7.55. The van der Waals surface area contributed by atoms with E-state index in [-0.39, 0.29) is 0 Å². The number of aromatic nitrogens is 4. The van der Waals surface area contributed by atoms with Crippen molar-refractivity contribution in [3.8, 4) is 17.8 Å². The largest absolute Gasteiger partial charge is 0.471 e. The van der Waals surface area contributed by atoms with E-state index in [0.717, 1.165) is 30.3 Å². The zero-order valence-electron chi connectivity index (χ0n) is 12.8. The molecule has 1 N–H and O–H groups in total. The molecule has 1 aliphatic rings. The highest BCUT2D eigenvalue weighted by molar-refractivity contribution is 5.31. The van der Waals surface area contributed by atoms with Gasteiger partial charge in [-0.25, -0.2) is 4.68 Å². The second-order valence-electron chi connectivity index (χ2n) is 5.42. The first kappa shape index (κ1) is 14.4. The van der Waals surface area contributed by atoms with Crippen molar-refractivity contribution in [3.63, 3.8) is 0 Å². The van der Waals surface area contributed by atoms with Gasteiger partial charge in [0.1, 0.15) is 12.7 Å². The number of fused-ring (bicyclic) bond motifs is 1. The fourth-order valence-corrected chi connectivity index (χ4v) is 2.51. The fraction of sp³-hybridized carbons (Fsp3) is 0.176. The number of nitrogens with zero attached hydrogens (tertiary/aromatic N) is 5. The molecule has 3 aromatic rings. The molecule has 0 radical (unpaired) electrons. The summed E-state index contributed by atoms with van der Waals surface area (Å²) in [6, 6.07) is 11.1. The van der Waals surface area contributed by atoms with E-state index in [0.29, 0.717) is 18.1 Å². The first-order chi connectivity index (χ1) is 11.8. The summed E-state index contributed by atoms with van der Waals surface area (Å²) in [4.78, 5) is 8.66. The van der Waals surface area contributed by atoms with Gasteiger partial charge in [0.15, 0.2) is 5.82 Å². The Hall–Kier alpha value is -3.24. The Kier molecular flexibility index (Phi) is 3.65. The molecule has 4 heterocycles. The van der Waals surface area contributed by atoms with Crippen molar-refractivity contribution < 1.29 is 4.74 Å². The number of rotatable bonds is 4. The molecule has 7 heteroatoms. The van der Waals surface area contributed by atoms with Gasteiger partial charge in [-0.3, -0.25) is 4.98 Å². The van der Waals surface area contributed by atoms with E-state index in [2.05, 4.69) is 20.4 Å². The van der Waals surface area contributed by atoms with Crippen LogP contribution in [0.5, 0.6) is 5.88 Å². The molecule has 0 fully saturated rings. The predicted molar refractivity (Wildman–Crippen MR) is 85.2 cm³/mol. The van der Waals surface area contributed by atoms with E-state index in [9.17, 15) is 0 Å². The highest BCUT2D eigenvalue weighted by Crippen LogP contribution is 2.17. The highest BCUT2D eigenvalue weighted by atomic mass is 16.5. The molecule has 118 valence electrons. The van der Waals surface area contributed by atoms with Crippen LogP contribution in [-0.4, -0.2) is 19.7 Å². The lowest BCUT2D eigenvalue weighted by atomic mass is 10.3. The second-order valence-corrected chi connectivity index (χ2v) is 5.42. The zero-order chi connectivity index (χ0) is 16.4. The normalized spacial score (nSPS) is 12.6. The van der Waals surface area contributed by atoms with Gasteiger partial charge in [-0.1, -0.05) is 6.07 Å². The lowest BCUT2D eigenvalue weighted by molar-refractivity contribution is 0.289. The van der Waals surface area contributed by atoms with Crippen LogP contribution in [-0.2, 0) is 19.7 Å². The molecule has 4 rings (SSSR count). The van der Waals surface area contributed by atoms with Crippen molar-refractivity contribution in [1.82, 2.24) is 25.1 Å². The predicted octanol–water partition coefficient (Wildman–Crippen LogP) is 1.72. The molecule has 1 aliphatic heterocycles. The fourth-order valence-electron chi connectivity index (χ4n) is 2.51. The van der Waals surface area contributed by atoms with Gasteiger partial charge in [0.25, 0.3) is 0 Å². The lowest BCUT2D eigenvalue weighted by Crippen LogP contribution is -2.06. The molecule has 24 heavy (non-hydrogen) atoms. The van der Waals surface area contributed by atoms with Crippen LogP contribution < -0.4 is 10.1 Å².